The van der Waals surface area contributed by atoms with Crippen LogP contribution in [0.25, 0.3) is 0 Å². The van der Waals surface area contributed by atoms with Crippen molar-refractivity contribution in [1.82, 2.24) is 5.32 Å². The number of methoxy groups -OCH3 is 2. The van der Waals surface area contributed by atoms with Crippen LogP contribution in [0, 0.1) is 5.82 Å². The van der Waals surface area contributed by atoms with E-state index < -0.39 is 5.41 Å². The maximum absolute atomic E-state index is 13.9. The normalized spacial score (nSPS) is 24.3. The fourth-order valence-electron chi connectivity index (χ4n) is 4.06. The van der Waals surface area contributed by atoms with Gasteiger partial charge in [0.1, 0.15) is 17.3 Å². The highest BCUT2D eigenvalue weighted by Crippen LogP contribution is 2.52. The average molecular weight is 342 g/mol. The third-order valence-corrected chi connectivity index (χ3v) is 5.22. The second kappa shape index (κ2) is 5.74. The molecule has 2 aliphatic heterocycles. The van der Waals surface area contributed by atoms with E-state index in [1.165, 1.54) is 12.1 Å². The summed E-state index contributed by atoms with van der Waals surface area (Å²) in [5.41, 5.74) is 1.32. The van der Waals surface area contributed by atoms with Crippen molar-refractivity contribution in [2.24, 2.45) is 0 Å². The summed E-state index contributed by atoms with van der Waals surface area (Å²) in [7, 11) is 3.19. The molecule has 1 amide bonds. The highest BCUT2D eigenvalue weighted by Gasteiger charge is 2.56. The summed E-state index contributed by atoms with van der Waals surface area (Å²) in [6.07, 6.45) is 0.584. The largest absolute Gasteiger partial charge is 0.497 e. The van der Waals surface area contributed by atoms with Crippen molar-refractivity contribution in [1.29, 1.82) is 0 Å². The van der Waals surface area contributed by atoms with Crippen LogP contribution >= 0.6 is 0 Å². The summed E-state index contributed by atoms with van der Waals surface area (Å²) in [4.78, 5) is 13.0. The molecule has 6 heteroatoms. The van der Waals surface area contributed by atoms with E-state index in [0.29, 0.717) is 35.7 Å². The Morgan fingerprint density at radius 1 is 1.16 bits per heavy atom. The molecule has 2 heterocycles. The van der Waals surface area contributed by atoms with Gasteiger partial charge in [-0.05, 0) is 54.9 Å². The molecule has 4 rings (SSSR count). The lowest BCUT2D eigenvalue weighted by atomic mass is 9.72. The zero-order valence-corrected chi connectivity index (χ0v) is 14.1. The van der Waals surface area contributed by atoms with Gasteiger partial charge in [0.25, 0.3) is 0 Å². The second-order valence-corrected chi connectivity index (χ2v) is 6.36. The molecule has 2 N–H and O–H groups in total. The minimum Gasteiger partial charge on any atom is -0.497 e. The number of anilines is 1. The molecule has 0 bridgehead atoms. The Hall–Kier alpha value is -2.60. The fraction of sp³-hybridized carbons (Fsp3) is 0.316. The van der Waals surface area contributed by atoms with Gasteiger partial charge in [0, 0.05) is 11.3 Å². The van der Waals surface area contributed by atoms with Crippen LogP contribution in [0.3, 0.4) is 0 Å². The van der Waals surface area contributed by atoms with Crippen molar-refractivity contribution in [3.63, 3.8) is 0 Å². The standard InChI is InChI=1S/C19H19FN2O3/c1-24-12-4-6-16(25-2)13(10-12)17-19(7-8-21-17)14-9-11(20)3-5-15(14)22-18(19)23/h3-6,9-10,17,21H,7-8H2,1-2H3,(H,22,23)/t17-,19+/m1/s1. The van der Waals surface area contributed by atoms with Crippen LogP contribution in [-0.4, -0.2) is 26.7 Å². The van der Waals surface area contributed by atoms with Gasteiger partial charge in [-0.1, -0.05) is 0 Å². The number of fused-ring (bicyclic) bond motifs is 2. The predicted octanol–water partition coefficient (Wildman–Crippen LogP) is 2.77. The number of nitrogens with one attached hydrogen (secondary N) is 2. The van der Waals surface area contributed by atoms with Crippen LogP contribution in [0.4, 0.5) is 10.1 Å². The number of carbonyl (C=O) groups excluding carboxylic acids is 1. The molecule has 2 aromatic carbocycles. The maximum atomic E-state index is 13.9. The summed E-state index contributed by atoms with van der Waals surface area (Å²) in [5.74, 6) is 0.876. The molecule has 1 saturated heterocycles. The zero-order chi connectivity index (χ0) is 17.6. The highest BCUT2D eigenvalue weighted by molar-refractivity contribution is 6.07. The van der Waals surface area contributed by atoms with E-state index in [0.717, 1.165) is 5.56 Å². The second-order valence-electron chi connectivity index (χ2n) is 6.36. The van der Waals surface area contributed by atoms with Gasteiger partial charge < -0.3 is 20.1 Å². The fourth-order valence-corrected chi connectivity index (χ4v) is 4.06. The van der Waals surface area contributed by atoms with Gasteiger partial charge in [-0.25, -0.2) is 4.39 Å². The summed E-state index contributed by atoms with van der Waals surface area (Å²) in [6, 6.07) is 9.61. The van der Waals surface area contributed by atoms with Gasteiger partial charge >= 0.3 is 0 Å². The molecule has 25 heavy (non-hydrogen) atoms. The molecular weight excluding hydrogens is 323 g/mol. The molecule has 0 saturated carbocycles. The van der Waals surface area contributed by atoms with E-state index in [2.05, 4.69) is 10.6 Å². The van der Waals surface area contributed by atoms with E-state index >= 15 is 0 Å². The minimum atomic E-state index is -0.864. The number of ether oxygens (including phenoxy) is 2. The lowest BCUT2D eigenvalue weighted by molar-refractivity contribution is -0.121. The van der Waals surface area contributed by atoms with Gasteiger partial charge in [-0.3, -0.25) is 4.79 Å². The maximum Gasteiger partial charge on any atom is 0.237 e. The number of benzene rings is 2. The van der Waals surface area contributed by atoms with E-state index in [1.54, 1.807) is 20.3 Å². The molecule has 1 spiro atoms. The summed E-state index contributed by atoms with van der Waals surface area (Å²) in [5, 5.41) is 6.31. The van der Waals surface area contributed by atoms with Crippen LogP contribution < -0.4 is 20.1 Å². The number of halogens is 1. The van der Waals surface area contributed by atoms with Crippen molar-refractivity contribution < 1.29 is 18.7 Å². The molecule has 0 aliphatic carbocycles. The number of hydrogen-bond donors (Lipinski definition) is 2. The van der Waals surface area contributed by atoms with E-state index in [4.69, 9.17) is 9.47 Å². The lowest BCUT2D eigenvalue weighted by Crippen LogP contribution is -2.39. The van der Waals surface area contributed by atoms with Crippen molar-refractivity contribution in [3.8, 4) is 11.5 Å². The first-order chi connectivity index (χ1) is 12.1. The Morgan fingerprint density at radius 3 is 2.76 bits per heavy atom. The van der Waals surface area contributed by atoms with Gasteiger partial charge in [-0.15, -0.1) is 0 Å². The molecule has 130 valence electrons. The van der Waals surface area contributed by atoms with Crippen LogP contribution in [0.2, 0.25) is 0 Å². The Labute approximate surface area is 145 Å². The van der Waals surface area contributed by atoms with Crippen molar-refractivity contribution in [2.75, 3.05) is 26.1 Å². The van der Waals surface area contributed by atoms with Gasteiger partial charge in [-0.2, -0.15) is 0 Å². The van der Waals surface area contributed by atoms with Crippen molar-refractivity contribution >= 4 is 11.6 Å². The molecule has 0 unspecified atom stereocenters. The molecular formula is C19H19FN2O3. The number of carbonyl (C=O) groups is 1. The average Bonchev–Trinajstić information content (AvgIpc) is 3.18. The van der Waals surface area contributed by atoms with E-state index in [9.17, 15) is 9.18 Å². The number of rotatable bonds is 3. The van der Waals surface area contributed by atoms with Gasteiger partial charge in [0.05, 0.1) is 25.7 Å². The predicted molar refractivity (Wildman–Crippen MR) is 91.6 cm³/mol. The molecule has 5 nitrogen and oxygen atoms in total. The zero-order valence-electron chi connectivity index (χ0n) is 14.1. The molecule has 2 aliphatic rings. The third kappa shape index (κ3) is 2.21. The highest BCUT2D eigenvalue weighted by atomic mass is 19.1. The molecule has 0 aromatic heterocycles. The molecule has 0 radical (unpaired) electrons. The Morgan fingerprint density at radius 2 is 2.00 bits per heavy atom. The quantitative estimate of drug-likeness (QED) is 0.900. The van der Waals surface area contributed by atoms with Crippen molar-refractivity contribution in [2.45, 2.75) is 17.9 Å². The Bertz CT molecular complexity index is 855. The monoisotopic (exact) mass is 342 g/mol. The first-order valence-electron chi connectivity index (χ1n) is 8.17. The lowest BCUT2D eigenvalue weighted by Gasteiger charge is -2.30. The summed E-state index contributed by atoms with van der Waals surface area (Å²) in [6.45, 7) is 0.647. The van der Waals surface area contributed by atoms with Crippen LogP contribution in [-0.2, 0) is 10.2 Å². The molecule has 1 fully saturated rings. The molecule has 2 atom stereocenters. The first-order valence-corrected chi connectivity index (χ1v) is 8.17. The third-order valence-electron chi connectivity index (χ3n) is 5.22. The summed E-state index contributed by atoms with van der Waals surface area (Å²) >= 11 is 0. The SMILES string of the molecule is COc1ccc(OC)c([C@H]2NCC[C@@]23C(=O)Nc2ccc(F)cc23)c1. The topological polar surface area (TPSA) is 59.6 Å². The smallest absolute Gasteiger partial charge is 0.237 e. The van der Waals surface area contributed by atoms with E-state index in [1.807, 2.05) is 18.2 Å². The molecule has 2 aromatic rings. The van der Waals surface area contributed by atoms with Crippen molar-refractivity contribution in [3.05, 3.63) is 53.3 Å². The number of hydrogen-bond acceptors (Lipinski definition) is 4. The summed E-state index contributed by atoms with van der Waals surface area (Å²) < 4.78 is 24.8. The van der Waals surface area contributed by atoms with Gasteiger partial charge in [0.2, 0.25) is 5.91 Å². The van der Waals surface area contributed by atoms with Crippen LogP contribution in [0.5, 0.6) is 11.5 Å². The Balaban J connectivity index is 1.90. The minimum absolute atomic E-state index is 0.118. The van der Waals surface area contributed by atoms with Crippen LogP contribution in [0.1, 0.15) is 23.6 Å². The van der Waals surface area contributed by atoms with Crippen LogP contribution in [0.15, 0.2) is 36.4 Å². The first kappa shape index (κ1) is 15.9. The van der Waals surface area contributed by atoms with Gasteiger partial charge in [0.15, 0.2) is 0 Å². The van der Waals surface area contributed by atoms with E-state index in [-0.39, 0.29) is 17.8 Å². The number of amides is 1. The Kier molecular flexibility index (Phi) is 3.65.